The Kier molecular flexibility index (Phi) is 11.4. The monoisotopic (exact) mass is 544 g/mol. The van der Waals surface area contributed by atoms with Crippen molar-refractivity contribution < 1.29 is 33.6 Å². The summed E-state index contributed by atoms with van der Waals surface area (Å²) < 4.78 is 17.4. The number of nitro groups is 2. The summed E-state index contributed by atoms with van der Waals surface area (Å²) in [7, 11) is 0. The molecule has 0 saturated carbocycles. The molecule has 2 rings (SSSR count). The Morgan fingerprint density at radius 2 is 1.03 bits per heavy atom. The summed E-state index contributed by atoms with van der Waals surface area (Å²) in [6.45, 7) is 10.7. The fourth-order valence-corrected chi connectivity index (χ4v) is 4.15. The Morgan fingerprint density at radius 3 is 1.31 bits per heavy atom. The lowest BCUT2D eigenvalue weighted by atomic mass is 10.0. The minimum atomic E-state index is -0.889. The molecule has 11 heteroatoms. The van der Waals surface area contributed by atoms with Crippen molar-refractivity contribution in [3.63, 3.8) is 0 Å². The fourth-order valence-electron chi connectivity index (χ4n) is 4.15. The Labute approximate surface area is 227 Å². The van der Waals surface area contributed by atoms with Crippen LogP contribution in [0.3, 0.4) is 0 Å². The van der Waals surface area contributed by atoms with Gasteiger partial charge < -0.3 is 14.2 Å². The number of nitrogens with zero attached hydrogens (tertiary/aromatic N) is 2. The van der Waals surface area contributed by atoms with Gasteiger partial charge in [-0.15, -0.1) is 0 Å². The van der Waals surface area contributed by atoms with Crippen LogP contribution in [-0.2, 0) is 19.1 Å². The first kappa shape index (κ1) is 31.2. The molecule has 0 aliphatic rings. The molecule has 0 N–H and O–H groups in total. The van der Waals surface area contributed by atoms with Crippen molar-refractivity contribution in [2.24, 2.45) is 11.8 Å². The maximum atomic E-state index is 12.6. The average Bonchev–Trinajstić information content (AvgIpc) is 2.90. The summed E-state index contributed by atoms with van der Waals surface area (Å²) in [4.78, 5) is 47.0. The summed E-state index contributed by atoms with van der Waals surface area (Å²) >= 11 is 0. The summed E-state index contributed by atoms with van der Waals surface area (Å²) in [5.41, 5.74) is 0.0438. The zero-order chi connectivity index (χ0) is 29.3. The van der Waals surface area contributed by atoms with Crippen LogP contribution in [0.5, 0.6) is 11.5 Å². The van der Waals surface area contributed by atoms with Crippen molar-refractivity contribution in [2.75, 3.05) is 0 Å². The Balaban J connectivity index is 2.52. The van der Waals surface area contributed by atoms with Crippen LogP contribution in [0.25, 0.3) is 0 Å². The van der Waals surface area contributed by atoms with Crippen molar-refractivity contribution in [1.82, 2.24) is 0 Å². The topological polar surface area (TPSA) is 148 Å². The molecule has 0 saturated heterocycles. The zero-order valence-corrected chi connectivity index (χ0v) is 23.2. The molecular formula is C28H36N2O9. The van der Waals surface area contributed by atoms with Gasteiger partial charge in [0.1, 0.15) is 23.7 Å². The largest absolute Gasteiger partial charge is 0.457 e. The van der Waals surface area contributed by atoms with Gasteiger partial charge in [0.2, 0.25) is 0 Å². The van der Waals surface area contributed by atoms with E-state index >= 15 is 0 Å². The Hall–Kier alpha value is -4.02. The third-order valence-corrected chi connectivity index (χ3v) is 6.73. The van der Waals surface area contributed by atoms with Gasteiger partial charge in [-0.25, -0.2) is 0 Å². The molecule has 0 fully saturated rings. The number of hydrogen-bond donors (Lipinski definition) is 0. The van der Waals surface area contributed by atoms with Crippen molar-refractivity contribution in [3.05, 3.63) is 67.8 Å². The van der Waals surface area contributed by atoms with E-state index in [4.69, 9.17) is 14.2 Å². The zero-order valence-electron chi connectivity index (χ0n) is 23.2. The van der Waals surface area contributed by atoms with Crippen LogP contribution in [0.15, 0.2) is 36.4 Å². The highest BCUT2D eigenvalue weighted by Crippen LogP contribution is 2.39. The first-order valence-corrected chi connectivity index (χ1v) is 13.1. The highest BCUT2D eigenvalue weighted by atomic mass is 16.6. The molecule has 0 aliphatic heterocycles. The second kappa shape index (κ2) is 14.2. The number of non-ortho nitro benzene ring substituents is 2. The van der Waals surface area contributed by atoms with E-state index in [1.807, 2.05) is 27.7 Å². The number of carbonyl (C=O) groups excluding carboxylic acids is 2. The molecule has 11 nitrogen and oxygen atoms in total. The van der Waals surface area contributed by atoms with Crippen molar-refractivity contribution in [3.8, 4) is 11.5 Å². The second-order valence-electron chi connectivity index (χ2n) is 9.25. The van der Waals surface area contributed by atoms with E-state index in [-0.39, 0.29) is 45.8 Å². The van der Waals surface area contributed by atoms with Gasteiger partial charge >= 0.3 is 11.9 Å². The highest BCUT2D eigenvalue weighted by Gasteiger charge is 2.27. The number of ether oxygens (including phenoxy) is 3. The Morgan fingerprint density at radius 1 is 0.692 bits per heavy atom. The van der Waals surface area contributed by atoms with Crippen LogP contribution < -0.4 is 4.74 Å². The summed E-state index contributed by atoms with van der Waals surface area (Å²) in [5.74, 6) is -1.19. The third kappa shape index (κ3) is 7.98. The van der Waals surface area contributed by atoms with E-state index in [1.54, 1.807) is 13.8 Å². The lowest BCUT2D eigenvalue weighted by Gasteiger charge is -2.22. The third-order valence-electron chi connectivity index (χ3n) is 6.73. The van der Waals surface area contributed by atoms with Crippen LogP contribution in [0.4, 0.5) is 11.4 Å². The van der Waals surface area contributed by atoms with Crippen molar-refractivity contribution in [1.29, 1.82) is 0 Å². The smallest absolute Gasteiger partial charge is 0.309 e. The van der Waals surface area contributed by atoms with Gasteiger partial charge in [-0.2, -0.15) is 0 Å². The van der Waals surface area contributed by atoms with Crippen LogP contribution in [-0.4, -0.2) is 21.8 Å². The first-order valence-electron chi connectivity index (χ1n) is 13.1. The standard InChI is InChI=1S/C28H36N2O9/c1-7-19(8-2)27(31)37-17(5)23-15-21(29(33)34)11-13-25(23)39-26-14-12-22(30(35)36)16-24(26)18(6)38-28(32)20(9-3)10-4/h11-20H,7-10H2,1-6H3. The minimum Gasteiger partial charge on any atom is -0.457 e. The summed E-state index contributed by atoms with van der Waals surface area (Å²) in [6, 6.07) is 7.78. The fraction of sp³-hybridized carbons (Fsp3) is 0.500. The van der Waals surface area contributed by atoms with Gasteiger partial charge in [-0.1, -0.05) is 27.7 Å². The SMILES string of the molecule is CCC(CC)C(=O)OC(C)c1cc([N+](=O)[O-])ccc1Oc1ccc([N+](=O)[O-])cc1C(C)OC(=O)C(CC)CC. The molecule has 0 radical (unpaired) electrons. The van der Waals surface area contributed by atoms with E-state index in [0.29, 0.717) is 25.7 Å². The van der Waals surface area contributed by atoms with Gasteiger partial charge in [-0.3, -0.25) is 29.8 Å². The molecule has 2 atom stereocenters. The molecule has 0 heterocycles. The quantitative estimate of drug-likeness (QED) is 0.135. The molecule has 0 amide bonds. The van der Waals surface area contributed by atoms with Crippen LogP contribution in [0.1, 0.15) is 90.6 Å². The first-order chi connectivity index (χ1) is 18.5. The molecule has 0 spiro atoms. The minimum absolute atomic E-state index is 0.152. The van der Waals surface area contributed by atoms with E-state index in [1.165, 1.54) is 36.4 Å². The normalized spacial score (nSPS) is 12.6. The average molecular weight is 545 g/mol. The van der Waals surface area contributed by atoms with Crippen molar-refractivity contribution in [2.45, 2.75) is 79.4 Å². The number of nitro benzene ring substituents is 2. The van der Waals surface area contributed by atoms with Crippen LogP contribution >= 0.6 is 0 Å². The molecule has 2 aromatic rings. The maximum absolute atomic E-state index is 12.6. The highest BCUT2D eigenvalue weighted by molar-refractivity contribution is 5.73. The predicted molar refractivity (Wildman–Crippen MR) is 143 cm³/mol. The summed E-state index contributed by atoms with van der Waals surface area (Å²) in [6.07, 6.45) is 0.555. The molecule has 0 aliphatic carbocycles. The maximum Gasteiger partial charge on any atom is 0.309 e. The molecular weight excluding hydrogens is 508 g/mol. The van der Waals surface area contributed by atoms with Crippen LogP contribution in [0.2, 0.25) is 0 Å². The molecule has 2 aromatic carbocycles. The van der Waals surface area contributed by atoms with Gasteiger partial charge in [-0.05, 0) is 51.7 Å². The molecule has 212 valence electrons. The van der Waals surface area contributed by atoms with Gasteiger partial charge in [0.25, 0.3) is 11.4 Å². The molecule has 0 aromatic heterocycles. The number of carbonyl (C=O) groups is 2. The van der Waals surface area contributed by atoms with Crippen molar-refractivity contribution >= 4 is 23.3 Å². The molecule has 2 unspecified atom stereocenters. The number of esters is 2. The second-order valence-corrected chi connectivity index (χ2v) is 9.25. The summed E-state index contributed by atoms with van der Waals surface area (Å²) in [5, 5.41) is 22.9. The number of benzene rings is 2. The Bertz CT molecular complexity index is 1100. The van der Waals surface area contributed by atoms with Crippen LogP contribution in [0, 0.1) is 32.1 Å². The number of rotatable bonds is 14. The lowest BCUT2D eigenvalue weighted by molar-refractivity contribution is -0.385. The van der Waals surface area contributed by atoms with E-state index in [9.17, 15) is 29.8 Å². The predicted octanol–water partition coefficient (Wildman–Crippen LogP) is 7.38. The molecule has 0 bridgehead atoms. The van der Waals surface area contributed by atoms with Gasteiger partial charge in [0, 0.05) is 35.4 Å². The van der Waals surface area contributed by atoms with E-state index < -0.39 is 34.0 Å². The lowest BCUT2D eigenvalue weighted by Crippen LogP contribution is -2.19. The molecule has 39 heavy (non-hydrogen) atoms. The number of hydrogen-bond acceptors (Lipinski definition) is 9. The van der Waals surface area contributed by atoms with E-state index in [2.05, 4.69) is 0 Å². The van der Waals surface area contributed by atoms with E-state index in [0.717, 1.165) is 0 Å². The van der Waals surface area contributed by atoms with Gasteiger partial charge in [0.05, 0.1) is 21.7 Å². The van der Waals surface area contributed by atoms with Gasteiger partial charge in [0.15, 0.2) is 0 Å².